The minimum atomic E-state index is -0.0881. The number of rotatable bonds is 5. The van der Waals surface area contributed by atoms with Crippen LogP contribution in [-0.4, -0.2) is 12.5 Å². The summed E-state index contributed by atoms with van der Waals surface area (Å²) in [7, 11) is 0. The van der Waals surface area contributed by atoms with Crippen molar-refractivity contribution in [3.05, 3.63) is 23.8 Å². The van der Waals surface area contributed by atoms with E-state index >= 15 is 0 Å². The van der Waals surface area contributed by atoms with Crippen molar-refractivity contribution in [3.8, 4) is 0 Å². The van der Waals surface area contributed by atoms with Gasteiger partial charge in [-0.05, 0) is 39.7 Å². The first-order valence-corrected chi connectivity index (χ1v) is 4.61. The molecule has 15 heavy (non-hydrogen) atoms. The fraction of sp³-hybridized carbons (Fsp3) is 0.545. The summed E-state index contributed by atoms with van der Waals surface area (Å²) in [6, 6.07) is 0. The minimum Gasteiger partial charge on any atom is -0.353 e. The van der Waals surface area contributed by atoms with Gasteiger partial charge in [0.1, 0.15) is 0 Å². The van der Waals surface area contributed by atoms with Crippen LogP contribution in [0.5, 0.6) is 0 Å². The summed E-state index contributed by atoms with van der Waals surface area (Å²) in [5.74, 6) is -0.0881. The normalized spacial score (nSPS) is 7.93. The summed E-state index contributed by atoms with van der Waals surface area (Å²) in [6.07, 6.45) is 3.35. The molecule has 0 aliphatic carbocycles. The number of nitrogens with one attached hydrogen (secondary N) is 1. The summed E-state index contributed by atoms with van der Waals surface area (Å²) < 4.78 is 0. The minimum absolute atomic E-state index is 0. The summed E-state index contributed by atoms with van der Waals surface area (Å²) in [5.41, 5.74) is 2.78. The molecule has 0 saturated carbocycles. The lowest BCUT2D eigenvalue weighted by molar-refractivity contribution is -0.116. The Kier molecular flexibility index (Phi) is 14.8. The van der Waals surface area contributed by atoms with Gasteiger partial charge >= 0.3 is 0 Å². The summed E-state index contributed by atoms with van der Waals surface area (Å²) >= 11 is 0. The van der Waals surface area contributed by atoms with Gasteiger partial charge in [-0.25, -0.2) is 0 Å². The lowest BCUT2D eigenvalue weighted by atomic mass is 10.1. The smallest absolute Gasteiger partial charge is 0.243 e. The largest absolute Gasteiger partial charge is 0.353 e. The predicted octanol–water partition coefficient (Wildman–Crippen LogP) is 3.01. The molecule has 0 rings (SSSR count). The van der Waals surface area contributed by atoms with Gasteiger partial charge in [0.25, 0.3) is 0 Å². The van der Waals surface area contributed by atoms with Crippen molar-refractivity contribution in [2.75, 3.05) is 6.54 Å². The third kappa shape index (κ3) is 11.1. The van der Waals surface area contributed by atoms with Crippen LogP contribution in [0.25, 0.3) is 0 Å². The number of allylic oxidation sites excluding steroid dienone is 2. The van der Waals surface area contributed by atoms with Gasteiger partial charge in [0.2, 0.25) is 5.91 Å². The second kappa shape index (κ2) is 11.3. The lowest BCUT2D eigenvalue weighted by Crippen LogP contribution is -2.21. The Hall–Kier alpha value is -0.800. The molecule has 0 fully saturated rings. The quantitative estimate of drug-likeness (QED) is 0.436. The van der Waals surface area contributed by atoms with E-state index in [-0.39, 0.29) is 24.5 Å². The summed E-state index contributed by atoms with van der Waals surface area (Å²) in [5, 5.41) is 2.75. The molecule has 0 aromatic carbocycles. The molecule has 3 nitrogen and oxygen atoms in total. The van der Waals surface area contributed by atoms with Crippen LogP contribution in [0.2, 0.25) is 0 Å². The van der Waals surface area contributed by atoms with Crippen LogP contribution in [0.3, 0.4) is 0 Å². The first kappa shape index (κ1) is 19.7. The molecule has 0 aromatic heterocycles. The zero-order chi connectivity index (χ0) is 10.3. The van der Waals surface area contributed by atoms with E-state index in [1.54, 1.807) is 0 Å². The van der Waals surface area contributed by atoms with Crippen molar-refractivity contribution in [1.82, 2.24) is 11.5 Å². The van der Waals surface area contributed by atoms with E-state index in [0.717, 1.165) is 19.4 Å². The molecule has 0 atom stereocenters. The van der Waals surface area contributed by atoms with Crippen molar-refractivity contribution in [3.63, 3.8) is 0 Å². The van der Waals surface area contributed by atoms with E-state index in [1.165, 1.54) is 17.2 Å². The Bertz CT molecular complexity index is 221. The highest BCUT2D eigenvalue weighted by Crippen LogP contribution is 2.08. The van der Waals surface area contributed by atoms with Crippen molar-refractivity contribution >= 4 is 18.3 Å². The van der Waals surface area contributed by atoms with Gasteiger partial charge in [0, 0.05) is 6.54 Å². The Morgan fingerprint density at radius 1 is 1.33 bits per heavy atom. The number of hydrogen-bond donors (Lipinski definition) is 2. The van der Waals surface area contributed by atoms with Gasteiger partial charge in [-0.2, -0.15) is 0 Å². The van der Waals surface area contributed by atoms with E-state index < -0.39 is 0 Å². The van der Waals surface area contributed by atoms with Crippen molar-refractivity contribution < 1.29 is 4.79 Å². The Balaban J connectivity index is -0.000000720. The zero-order valence-electron chi connectivity index (χ0n) is 9.93. The maximum Gasteiger partial charge on any atom is 0.243 e. The topological polar surface area (TPSA) is 64.1 Å². The van der Waals surface area contributed by atoms with Crippen LogP contribution in [0.15, 0.2) is 23.8 Å². The fourth-order valence-electron chi connectivity index (χ4n) is 0.887. The van der Waals surface area contributed by atoms with Crippen molar-refractivity contribution in [1.29, 1.82) is 0 Å². The highest BCUT2D eigenvalue weighted by Gasteiger charge is 1.95. The van der Waals surface area contributed by atoms with Crippen LogP contribution in [0, 0.1) is 0 Å². The standard InChI is InChI=1S/C11H19NO.ClH.H3N/c1-5-11(13)12-8-6-7-10(4)9(2)3;;/h5H,1,6-8H2,2-4H3,(H,12,13);1H;1H3. The summed E-state index contributed by atoms with van der Waals surface area (Å²) in [6.45, 7) is 10.5. The van der Waals surface area contributed by atoms with Crippen LogP contribution < -0.4 is 11.5 Å². The number of halogens is 1. The van der Waals surface area contributed by atoms with Crippen LogP contribution in [-0.2, 0) is 4.79 Å². The molecule has 0 aliphatic rings. The highest BCUT2D eigenvalue weighted by atomic mass is 35.5. The Labute approximate surface area is 99.0 Å². The first-order chi connectivity index (χ1) is 6.07. The molecule has 90 valence electrons. The van der Waals surface area contributed by atoms with Crippen LogP contribution in [0.4, 0.5) is 0 Å². The van der Waals surface area contributed by atoms with Gasteiger partial charge in [-0.3, -0.25) is 4.79 Å². The number of amides is 1. The number of carbonyl (C=O) groups excluding carboxylic acids is 1. The molecule has 0 aliphatic heterocycles. The predicted molar refractivity (Wildman–Crippen MR) is 68.8 cm³/mol. The molecule has 0 unspecified atom stereocenters. The number of hydrogen-bond acceptors (Lipinski definition) is 2. The molecular weight excluding hydrogens is 212 g/mol. The maximum atomic E-state index is 10.7. The van der Waals surface area contributed by atoms with E-state index in [2.05, 4.69) is 32.7 Å². The van der Waals surface area contributed by atoms with E-state index in [9.17, 15) is 4.79 Å². The molecule has 0 heterocycles. The fourth-order valence-corrected chi connectivity index (χ4v) is 0.887. The monoisotopic (exact) mass is 234 g/mol. The zero-order valence-corrected chi connectivity index (χ0v) is 10.7. The van der Waals surface area contributed by atoms with E-state index in [4.69, 9.17) is 0 Å². The molecule has 4 N–H and O–H groups in total. The molecular formula is C11H23ClN2O. The average molecular weight is 235 g/mol. The number of carbonyl (C=O) groups is 1. The second-order valence-corrected chi connectivity index (χ2v) is 3.38. The lowest BCUT2D eigenvalue weighted by Gasteiger charge is -2.04. The van der Waals surface area contributed by atoms with Gasteiger partial charge in [-0.15, -0.1) is 12.4 Å². The van der Waals surface area contributed by atoms with E-state index in [0.29, 0.717) is 0 Å². The summed E-state index contributed by atoms with van der Waals surface area (Å²) in [4.78, 5) is 10.7. The highest BCUT2D eigenvalue weighted by molar-refractivity contribution is 5.86. The van der Waals surface area contributed by atoms with E-state index in [1.807, 2.05) is 0 Å². The second-order valence-electron chi connectivity index (χ2n) is 3.38. The molecule has 0 spiro atoms. The maximum absolute atomic E-state index is 10.7. The third-order valence-electron chi connectivity index (χ3n) is 2.07. The van der Waals surface area contributed by atoms with Crippen molar-refractivity contribution in [2.45, 2.75) is 33.6 Å². The molecule has 0 aromatic rings. The molecule has 0 radical (unpaired) electrons. The van der Waals surface area contributed by atoms with Gasteiger partial charge in [0.15, 0.2) is 0 Å². The van der Waals surface area contributed by atoms with Gasteiger partial charge in [-0.1, -0.05) is 17.7 Å². The molecule has 0 bridgehead atoms. The van der Waals surface area contributed by atoms with Crippen LogP contribution in [0.1, 0.15) is 33.6 Å². The third-order valence-corrected chi connectivity index (χ3v) is 2.07. The SMILES string of the molecule is C=CC(=O)NCCCC(C)=C(C)C.Cl.N. The average Bonchev–Trinajstić information content (AvgIpc) is 2.11. The van der Waals surface area contributed by atoms with Gasteiger partial charge < -0.3 is 11.5 Å². The molecule has 1 amide bonds. The molecule has 0 saturated heterocycles. The Morgan fingerprint density at radius 2 is 1.87 bits per heavy atom. The first-order valence-electron chi connectivity index (χ1n) is 4.61. The Morgan fingerprint density at radius 3 is 2.27 bits per heavy atom. The molecule has 4 heteroatoms. The van der Waals surface area contributed by atoms with Gasteiger partial charge in [0.05, 0.1) is 0 Å². The van der Waals surface area contributed by atoms with Crippen LogP contribution >= 0.6 is 12.4 Å². The van der Waals surface area contributed by atoms with Crippen molar-refractivity contribution in [2.24, 2.45) is 0 Å².